The summed E-state index contributed by atoms with van der Waals surface area (Å²) in [4.78, 5) is 29.6. The zero-order chi connectivity index (χ0) is 23.4. The van der Waals surface area contributed by atoms with Crippen molar-refractivity contribution in [3.05, 3.63) is 64.7 Å². The lowest BCUT2D eigenvalue weighted by atomic mass is 9.94. The average Bonchev–Trinajstić information content (AvgIpc) is 3.03. The number of Topliss-reactive ketones (excluding diaryl/α,β-unsaturated/α-hetero) is 1. The third kappa shape index (κ3) is 4.62. The molecule has 0 spiro atoms. The van der Waals surface area contributed by atoms with E-state index in [1.54, 1.807) is 37.4 Å². The fourth-order valence-electron chi connectivity index (χ4n) is 3.90. The first-order valence-corrected chi connectivity index (χ1v) is 10.5. The van der Waals surface area contributed by atoms with Gasteiger partial charge in [0.05, 0.1) is 25.8 Å². The van der Waals surface area contributed by atoms with E-state index in [1.807, 2.05) is 38.1 Å². The van der Waals surface area contributed by atoms with Crippen LogP contribution >= 0.6 is 0 Å². The standard InChI is InChI=1S/C25H30N2O5/c1-16-7-9-17(10-8-16)23(28)21-22(18-11-12-19(31-4)20(15-18)32-5)27(25(30)24(21)29)14-6-13-26(2)3/h7-12,15,22,28H,6,13-14H2,1-5H3/b23-21-. The van der Waals surface area contributed by atoms with E-state index in [0.717, 1.165) is 12.1 Å². The molecule has 1 atom stereocenters. The van der Waals surface area contributed by atoms with Crippen molar-refractivity contribution in [3.8, 4) is 11.5 Å². The number of benzene rings is 2. The highest BCUT2D eigenvalue weighted by molar-refractivity contribution is 6.46. The predicted molar refractivity (Wildman–Crippen MR) is 123 cm³/mol. The van der Waals surface area contributed by atoms with Crippen LogP contribution in [0, 0.1) is 6.92 Å². The molecule has 0 saturated carbocycles. The molecule has 1 aliphatic heterocycles. The number of aryl methyl sites for hydroxylation is 1. The first-order chi connectivity index (χ1) is 15.3. The Labute approximate surface area is 188 Å². The minimum atomic E-state index is -0.724. The maximum atomic E-state index is 13.1. The van der Waals surface area contributed by atoms with Crippen molar-refractivity contribution in [2.75, 3.05) is 41.4 Å². The van der Waals surface area contributed by atoms with Crippen molar-refractivity contribution >= 4 is 17.4 Å². The Morgan fingerprint density at radius 2 is 1.69 bits per heavy atom. The Morgan fingerprint density at radius 1 is 1.03 bits per heavy atom. The van der Waals surface area contributed by atoms with E-state index < -0.39 is 17.7 Å². The lowest BCUT2D eigenvalue weighted by Gasteiger charge is -2.26. The van der Waals surface area contributed by atoms with Gasteiger partial charge in [-0.15, -0.1) is 0 Å². The van der Waals surface area contributed by atoms with Gasteiger partial charge in [0.2, 0.25) is 0 Å². The predicted octanol–water partition coefficient (Wildman–Crippen LogP) is 3.39. The van der Waals surface area contributed by atoms with Gasteiger partial charge >= 0.3 is 0 Å². The van der Waals surface area contributed by atoms with Crippen LogP contribution < -0.4 is 9.47 Å². The van der Waals surface area contributed by atoms with Crippen LogP contribution in [0.4, 0.5) is 0 Å². The summed E-state index contributed by atoms with van der Waals surface area (Å²) in [5, 5.41) is 11.1. The summed E-state index contributed by atoms with van der Waals surface area (Å²) in [6.45, 7) is 3.09. The summed E-state index contributed by atoms with van der Waals surface area (Å²) < 4.78 is 10.8. The Bertz CT molecular complexity index is 1030. The highest BCUT2D eigenvalue weighted by Crippen LogP contribution is 2.42. The second kappa shape index (κ2) is 9.87. The second-order valence-corrected chi connectivity index (χ2v) is 8.13. The maximum Gasteiger partial charge on any atom is 0.295 e. The Kier molecular flexibility index (Phi) is 7.20. The van der Waals surface area contributed by atoms with Gasteiger partial charge in [0.15, 0.2) is 11.5 Å². The monoisotopic (exact) mass is 438 g/mol. The molecule has 1 unspecified atom stereocenters. The molecule has 0 aromatic heterocycles. The topological polar surface area (TPSA) is 79.3 Å². The smallest absolute Gasteiger partial charge is 0.295 e. The Morgan fingerprint density at radius 3 is 2.28 bits per heavy atom. The van der Waals surface area contributed by atoms with Crippen LogP contribution in [-0.2, 0) is 9.59 Å². The van der Waals surface area contributed by atoms with Gasteiger partial charge in [0, 0.05) is 12.1 Å². The summed E-state index contributed by atoms with van der Waals surface area (Å²) in [6.07, 6.45) is 0.689. The van der Waals surface area contributed by atoms with Crippen molar-refractivity contribution in [2.45, 2.75) is 19.4 Å². The van der Waals surface area contributed by atoms with E-state index in [0.29, 0.717) is 35.6 Å². The van der Waals surface area contributed by atoms with Crippen LogP contribution in [0.25, 0.3) is 5.76 Å². The Balaban J connectivity index is 2.13. The summed E-state index contributed by atoms with van der Waals surface area (Å²) in [5.41, 5.74) is 2.27. The number of aliphatic hydroxyl groups excluding tert-OH is 1. The van der Waals surface area contributed by atoms with E-state index in [2.05, 4.69) is 0 Å². The van der Waals surface area contributed by atoms with Crippen LogP contribution in [0.3, 0.4) is 0 Å². The summed E-state index contributed by atoms with van der Waals surface area (Å²) in [6, 6.07) is 11.8. The van der Waals surface area contributed by atoms with Gasteiger partial charge in [0.25, 0.3) is 11.7 Å². The zero-order valence-electron chi connectivity index (χ0n) is 19.2. The van der Waals surface area contributed by atoms with Gasteiger partial charge in [-0.05, 0) is 51.7 Å². The molecule has 0 bridgehead atoms. The van der Waals surface area contributed by atoms with Crippen LogP contribution in [0.2, 0.25) is 0 Å². The largest absolute Gasteiger partial charge is 0.507 e. The Hall–Kier alpha value is -3.32. The van der Waals surface area contributed by atoms with E-state index in [-0.39, 0.29) is 11.3 Å². The molecule has 1 N–H and O–H groups in total. The van der Waals surface area contributed by atoms with Crippen molar-refractivity contribution in [1.82, 2.24) is 9.80 Å². The number of carbonyl (C=O) groups excluding carboxylic acids is 2. The van der Waals surface area contributed by atoms with Crippen LogP contribution in [0.1, 0.15) is 29.2 Å². The molecule has 0 aliphatic carbocycles. The molecule has 1 amide bonds. The number of nitrogens with zero attached hydrogens (tertiary/aromatic N) is 2. The molecule has 1 saturated heterocycles. The van der Waals surface area contributed by atoms with Crippen LogP contribution in [-0.4, -0.2) is 68.0 Å². The van der Waals surface area contributed by atoms with Crippen molar-refractivity contribution in [2.24, 2.45) is 0 Å². The number of rotatable bonds is 8. The minimum Gasteiger partial charge on any atom is -0.507 e. The quantitative estimate of drug-likeness (QED) is 0.387. The van der Waals surface area contributed by atoms with E-state index in [4.69, 9.17) is 9.47 Å². The number of carbonyl (C=O) groups is 2. The van der Waals surface area contributed by atoms with Gasteiger partial charge in [0.1, 0.15) is 5.76 Å². The maximum absolute atomic E-state index is 13.1. The van der Waals surface area contributed by atoms with E-state index >= 15 is 0 Å². The molecule has 3 rings (SSSR count). The van der Waals surface area contributed by atoms with Gasteiger partial charge in [-0.3, -0.25) is 9.59 Å². The van der Waals surface area contributed by atoms with Gasteiger partial charge in [-0.2, -0.15) is 0 Å². The zero-order valence-corrected chi connectivity index (χ0v) is 19.2. The average molecular weight is 439 g/mol. The van der Waals surface area contributed by atoms with Crippen LogP contribution in [0.15, 0.2) is 48.0 Å². The molecule has 7 nitrogen and oxygen atoms in total. The lowest BCUT2D eigenvalue weighted by Crippen LogP contribution is -2.32. The number of aliphatic hydroxyl groups is 1. The molecule has 7 heteroatoms. The van der Waals surface area contributed by atoms with E-state index in [9.17, 15) is 14.7 Å². The van der Waals surface area contributed by atoms with Crippen LogP contribution in [0.5, 0.6) is 11.5 Å². The highest BCUT2D eigenvalue weighted by atomic mass is 16.5. The molecular formula is C25H30N2O5. The highest BCUT2D eigenvalue weighted by Gasteiger charge is 2.46. The first-order valence-electron chi connectivity index (χ1n) is 10.5. The number of hydrogen-bond donors (Lipinski definition) is 1. The molecule has 1 aliphatic rings. The van der Waals surface area contributed by atoms with Crippen molar-refractivity contribution in [3.63, 3.8) is 0 Å². The first kappa shape index (κ1) is 23.3. The van der Waals surface area contributed by atoms with Gasteiger partial charge in [-0.25, -0.2) is 0 Å². The number of ether oxygens (including phenoxy) is 2. The number of hydrogen-bond acceptors (Lipinski definition) is 6. The van der Waals surface area contributed by atoms with Crippen molar-refractivity contribution < 1.29 is 24.2 Å². The number of likely N-dealkylation sites (tertiary alicyclic amines) is 1. The SMILES string of the molecule is COc1ccc(C2/C(=C(/O)c3ccc(C)cc3)C(=O)C(=O)N2CCCN(C)C)cc1OC. The molecule has 2 aromatic carbocycles. The molecule has 1 fully saturated rings. The minimum absolute atomic E-state index is 0.0796. The molecule has 2 aromatic rings. The molecular weight excluding hydrogens is 408 g/mol. The van der Waals surface area contributed by atoms with Gasteiger partial charge < -0.3 is 24.4 Å². The summed E-state index contributed by atoms with van der Waals surface area (Å²) >= 11 is 0. The number of ketones is 1. The molecule has 1 heterocycles. The third-order valence-corrected chi connectivity index (χ3v) is 5.59. The van der Waals surface area contributed by atoms with Crippen molar-refractivity contribution in [1.29, 1.82) is 0 Å². The number of amides is 1. The number of methoxy groups -OCH3 is 2. The molecule has 32 heavy (non-hydrogen) atoms. The molecule has 170 valence electrons. The summed E-state index contributed by atoms with van der Waals surface area (Å²) in [5.74, 6) is -0.457. The summed E-state index contributed by atoms with van der Waals surface area (Å²) in [7, 11) is 6.98. The normalized spacial score (nSPS) is 17.8. The fourth-order valence-corrected chi connectivity index (χ4v) is 3.90. The van der Waals surface area contributed by atoms with E-state index in [1.165, 1.54) is 12.0 Å². The molecule has 0 radical (unpaired) electrons. The third-order valence-electron chi connectivity index (χ3n) is 5.59. The lowest BCUT2D eigenvalue weighted by molar-refractivity contribution is -0.139. The second-order valence-electron chi connectivity index (χ2n) is 8.13. The fraction of sp³-hybridized carbons (Fsp3) is 0.360. The van der Waals surface area contributed by atoms with Gasteiger partial charge in [-0.1, -0.05) is 35.9 Å².